The molecule has 0 saturated carbocycles. The lowest BCUT2D eigenvalue weighted by atomic mass is 9.94. The second kappa shape index (κ2) is 5.87. The van der Waals surface area contributed by atoms with Crippen molar-refractivity contribution >= 4 is 0 Å². The molecule has 1 aliphatic heterocycles. The molecule has 1 aromatic rings. The van der Waals surface area contributed by atoms with Gasteiger partial charge in [0.05, 0.1) is 13.2 Å². The van der Waals surface area contributed by atoms with E-state index in [9.17, 15) is 0 Å². The Labute approximate surface area is 96.5 Å². The molecule has 88 valence electrons. The predicted octanol–water partition coefficient (Wildman–Crippen LogP) is 1.82. The van der Waals surface area contributed by atoms with Crippen molar-refractivity contribution in [3.05, 3.63) is 30.3 Å². The maximum Gasteiger partial charge on any atom is 0.119 e. The van der Waals surface area contributed by atoms with Crippen LogP contribution in [0.15, 0.2) is 30.3 Å². The number of benzene rings is 1. The van der Waals surface area contributed by atoms with Crippen LogP contribution in [-0.4, -0.2) is 25.9 Å². The number of hydrogen-bond acceptors (Lipinski definition) is 3. The number of ether oxygens (including phenoxy) is 2. The summed E-state index contributed by atoms with van der Waals surface area (Å²) in [7, 11) is 0. The maximum absolute atomic E-state index is 6.02. The molecule has 0 aromatic heterocycles. The van der Waals surface area contributed by atoms with Gasteiger partial charge in [0.25, 0.3) is 0 Å². The number of nitrogens with two attached hydrogens (primary N) is 1. The predicted molar refractivity (Wildman–Crippen MR) is 63.5 cm³/mol. The van der Waals surface area contributed by atoms with Gasteiger partial charge in [-0.05, 0) is 25.0 Å². The van der Waals surface area contributed by atoms with Crippen molar-refractivity contribution < 1.29 is 9.47 Å². The van der Waals surface area contributed by atoms with Gasteiger partial charge < -0.3 is 15.2 Å². The fourth-order valence-electron chi connectivity index (χ4n) is 1.96. The van der Waals surface area contributed by atoms with Crippen molar-refractivity contribution in [3.63, 3.8) is 0 Å². The van der Waals surface area contributed by atoms with Crippen LogP contribution in [0.4, 0.5) is 0 Å². The number of hydrogen-bond donors (Lipinski definition) is 1. The first-order valence-corrected chi connectivity index (χ1v) is 5.87. The Morgan fingerprint density at radius 3 is 2.88 bits per heavy atom. The summed E-state index contributed by atoms with van der Waals surface area (Å²) >= 11 is 0. The molecule has 1 heterocycles. The fraction of sp³-hybridized carbons (Fsp3) is 0.538. The Hall–Kier alpha value is -1.06. The van der Waals surface area contributed by atoms with Crippen LogP contribution < -0.4 is 10.5 Å². The molecule has 0 radical (unpaired) electrons. The van der Waals surface area contributed by atoms with Crippen molar-refractivity contribution in [2.45, 2.75) is 18.9 Å². The molecule has 2 rings (SSSR count). The van der Waals surface area contributed by atoms with E-state index < -0.39 is 0 Å². The van der Waals surface area contributed by atoms with Gasteiger partial charge in [0.1, 0.15) is 5.75 Å². The van der Waals surface area contributed by atoms with Gasteiger partial charge in [-0.1, -0.05) is 18.2 Å². The molecular weight excluding hydrogens is 202 g/mol. The van der Waals surface area contributed by atoms with Gasteiger partial charge in [-0.2, -0.15) is 0 Å². The smallest absolute Gasteiger partial charge is 0.119 e. The van der Waals surface area contributed by atoms with Crippen LogP contribution >= 0.6 is 0 Å². The lowest BCUT2D eigenvalue weighted by Gasteiger charge is -2.28. The maximum atomic E-state index is 6.02. The molecule has 1 fully saturated rings. The standard InChI is InChI=1S/C13H19NO2/c14-13-7-8-15-10-11(13)6-9-16-12-4-2-1-3-5-12/h1-5,11,13H,6-10,14H2. The van der Waals surface area contributed by atoms with E-state index in [0.29, 0.717) is 12.5 Å². The van der Waals surface area contributed by atoms with Crippen LogP contribution in [0.2, 0.25) is 0 Å². The van der Waals surface area contributed by atoms with Gasteiger partial charge in [-0.3, -0.25) is 0 Å². The molecule has 1 saturated heterocycles. The molecule has 0 bridgehead atoms. The Kier molecular flexibility index (Phi) is 4.19. The summed E-state index contributed by atoms with van der Waals surface area (Å²) < 4.78 is 11.1. The molecule has 0 spiro atoms. The SMILES string of the molecule is NC1CCOCC1CCOc1ccccc1. The van der Waals surface area contributed by atoms with E-state index in [-0.39, 0.29) is 6.04 Å². The van der Waals surface area contributed by atoms with Crippen molar-refractivity contribution in [2.24, 2.45) is 11.7 Å². The molecule has 2 N–H and O–H groups in total. The normalized spacial score (nSPS) is 25.3. The molecule has 0 amide bonds. The average molecular weight is 221 g/mol. The van der Waals surface area contributed by atoms with Gasteiger partial charge in [0.15, 0.2) is 0 Å². The first-order chi connectivity index (χ1) is 7.86. The van der Waals surface area contributed by atoms with Gasteiger partial charge in [0.2, 0.25) is 0 Å². The van der Waals surface area contributed by atoms with E-state index in [1.165, 1.54) is 0 Å². The van der Waals surface area contributed by atoms with Crippen LogP contribution in [0.25, 0.3) is 0 Å². The first kappa shape index (κ1) is 11.4. The Balaban J connectivity index is 1.71. The summed E-state index contributed by atoms with van der Waals surface area (Å²) in [6, 6.07) is 10.1. The van der Waals surface area contributed by atoms with Crippen molar-refractivity contribution in [1.29, 1.82) is 0 Å². The van der Waals surface area contributed by atoms with Crippen LogP contribution in [0.3, 0.4) is 0 Å². The third-order valence-corrected chi connectivity index (χ3v) is 3.03. The molecule has 2 atom stereocenters. The summed E-state index contributed by atoms with van der Waals surface area (Å²) in [6.07, 6.45) is 1.94. The van der Waals surface area contributed by atoms with Crippen molar-refractivity contribution in [2.75, 3.05) is 19.8 Å². The number of para-hydroxylation sites is 1. The van der Waals surface area contributed by atoms with Crippen LogP contribution in [0.5, 0.6) is 5.75 Å². The highest BCUT2D eigenvalue weighted by Gasteiger charge is 2.21. The summed E-state index contributed by atoms with van der Waals surface area (Å²) in [5.74, 6) is 1.37. The van der Waals surface area contributed by atoms with E-state index >= 15 is 0 Å². The second-order valence-corrected chi connectivity index (χ2v) is 4.24. The third-order valence-electron chi connectivity index (χ3n) is 3.03. The summed E-state index contributed by atoms with van der Waals surface area (Å²) in [5.41, 5.74) is 6.02. The quantitative estimate of drug-likeness (QED) is 0.843. The molecule has 3 nitrogen and oxygen atoms in total. The Morgan fingerprint density at radius 2 is 2.12 bits per heavy atom. The fourth-order valence-corrected chi connectivity index (χ4v) is 1.96. The van der Waals surface area contributed by atoms with E-state index in [2.05, 4.69) is 0 Å². The largest absolute Gasteiger partial charge is 0.494 e. The van der Waals surface area contributed by atoms with Crippen LogP contribution in [-0.2, 0) is 4.74 Å². The zero-order valence-corrected chi connectivity index (χ0v) is 9.47. The average Bonchev–Trinajstić information content (AvgIpc) is 2.33. The Bertz CT molecular complexity index is 302. The second-order valence-electron chi connectivity index (χ2n) is 4.24. The molecule has 16 heavy (non-hydrogen) atoms. The van der Waals surface area contributed by atoms with E-state index in [1.807, 2.05) is 30.3 Å². The number of rotatable bonds is 4. The van der Waals surface area contributed by atoms with E-state index in [0.717, 1.165) is 31.8 Å². The molecule has 1 aromatic carbocycles. The van der Waals surface area contributed by atoms with Gasteiger partial charge in [-0.25, -0.2) is 0 Å². The lowest BCUT2D eigenvalue weighted by Crippen LogP contribution is -2.39. The summed E-state index contributed by atoms with van der Waals surface area (Å²) in [4.78, 5) is 0. The highest BCUT2D eigenvalue weighted by atomic mass is 16.5. The minimum atomic E-state index is 0.271. The van der Waals surface area contributed by atoms with Gasteiger partial charge >= 0.3 is 0 Å². The minimum absolute atomic E-state index is 0.271. The topological polar surface area (TPSA) is 44.5 Å². The zero-order valence-electron chi connectivity index (χ0n) is 9.47. The molecule has 1 aliphatic rings. The lowest BCUT2D eigenvalue weighted by molar-refractivity contribution is 0.0335. The molecule has 0 aliphatic carbocycles. The summed E-state index contributed by atoms with van der Waals surface area (Å²) in [6.45, 7) is 2.29. The molecule has 2 unspecified atom stereocenters. The first-order valence-electron chi connectivity index (χ1n) is 5.87. The molecular formula is C13H19NO2. The highest BCUT2D eigenvalue weighted by molar-refractivity contribution is 5.20. The van der Waals surface area contributed by atoms with E-state index in [1.54, 1.807) is 0 Å². The Morgan fingerprint density at radius 1 is 1.31 bits per heavy atom. The zero-order chi connectivity index (χ0) is 11.2. The van der Waals surface area contributed by atoms with Crippen molar-refractivity contribution in [3.8, 4) is 5.75 Å². The monoisotopic (exact) mass is 221 g/mol. The summed E-state index contributed by atoms with van der Waals surface area (Å²) in [5, 5.41) is 0. The van der Waals surface area contributed by atoms with Gasteiger partial charge in [0, 0.05) is 18.6 Å². The van der Waals surface area contributed by atoms with Crippen LogP contribution in [0.1, 0.15) is 12.8 Å². The minimum Gasteiger partial charge on any atom is -0.494 e. The molecule has 3 heteroatoms. The van der Waals surface area contributed by atoms with Gasteiger partial charge in [-0.15, -0.1) is 0 Å². The van der Waals surface area contributed by atoms with Crippen LogP contribution in [0, 0.1) is 5.92 Å². The van der Waals surface area contributed by atoms with E-state index in [4.69, 9.17) is 15.2 Å². The van der Waals surface area contributed by atoms with Crippen molar-refractivity contribution in [1.82, 2.24) is 0 Å². The third kappa shape index (κ3) is 3.22. The highest BCUT2D eigenvalue weighted by Crippen LogP contribution is 2.17.